The summed E-state index contributed by atoms with van der Waals surface area (Å²) in [5, 5.41) is 6.51. The molecule has 0 spiro atoms. The average Bonchev–Trinajstić information content (AvgIpc) is 3.05. The molecule has 0 unspecified atom stereocenters. The fourth-order valence-corrected chi connectivity index (χ4v) is 2.61. The monoisotopic (exact) mass is 315 g/mol. The first kappa shape index (κ1) is 15.1. The highest BCUT2D eigenvalue weighted by Crippen LogP contribution is 2.30. The molecular weight excluding hydrogens is 298 g/mol. The summed E-state index contributed by atoms with van der Waals surface area (Å²) in [6, 6.07) is 8.27. The van der Waals surface area contributed by atoms with Crippen molar-refractivity contribution in [2.75, 3.05) is 7.11 Å². The molecule has 7 nitrogen and oxygen atoms in total. The third-order valence-electron chi connectivity index (χ3n) is 3.93. The highest BCUT2D eigenvalue weighted by Gasteiger charge is 2.49. The summed E-state index contributed by atoms with van der Waals surface area (Å²) in [5.74, 6) is 0.815. The highest BCUT2D eigenvalue weighted by molar-refractivity contribution is 6.07. The minimum Gasteiger partial charge on any atom is -0.497 e. The second kappa shape index (κ2) is 5.42. The number of rotatable bonds is 4. The molecule has 1 saturated heterocycles. The standard InChI is InChI=1S/C16H17N3O4/c1-10-8-13(23-18-10)9-19-14(20)16(2,17-15(19)21)11-4-6-12(22-3)7-5-11/h4-8H,9H2,1-3H3,(H,17,21)/t16-/m0/s1. The molecule has 1 aliphatic heterocycles. The number of hydrogen-bond acceptors (Lipinski definition) is 5. The first-order valence-electron chi connectivity index (χ1n) is 7.15. The number of methoxy groups -OCH3 is 1. The second-order valence-corrected chi connectivity index (χ2v) is 5.61. The predicted octanol–water partition coefficient (Wildman–Crippen LogP) is 1.96. The normalized spacial score (nSPS) is 20.7. The molecule has 2 aromatic rings. The molecule has 1 N–H and O–H groups in total. The maximum atomic E-state index is 12.8. The molecule has 0 saturated carbocycles. The van der Waals surface area contributed by atoms with Crippen molar-refractivity contribution in [2.24, 2.45) is 0 Å². The maximum Gasteiger partial charge on any atom is 0.325 e. The van der Waals surface area contributed by atoms with Gasteiger partial charge in [0.1, 0.15) is 11.3 Å². The Balaban J connectivity index is 1.86. The van der Waals surface area contributed by atoms with Crippen LogP contribution in [0, 0.1) is 6.92 Å². The second-order valence-electron chi connectivity index (χ2n) is 5.61. The number of hydrogen-bond donors (Lipinski definition) is 1. The number of urea groups is 1. The molecule has 3 rings (SSSR count). The van der Waals surface area contributed by atoms with Crippen LogP contribution < -0.4 is 10.1 Å². The molecule has 1 aliphatic rings. The number of aromatic nitrogens is 1. The van der Waals surface area contributed by atoms with Gasteiger partial charge in [0.15, 0.2) is 5.76 Å². The van der Waals surface area contributed by atoms with Gasteiger partial charge in [0.05, 0.1) is 19.3 Å². The topological polar surface area (TPSA) is 84.7 Å². The van der Waals surface area contributed by atoms with Crippen LogP contribution in [0.15, 0.2) is 34.9 Å². The number of nitrogens with zero attached hydrogens (tertiary/aromatic N) is 2. The zero-order valence-corrected chi connectivity index (χ0v) is 13.1. The van der Waals surface area contributed by atoms with E-state index in [1.54, 1.807) is 51.3 Å². The lowest BCUT2D eigenvalue weighted by Crippen LogP contribution is -2.40. The van der Waals surface area contributed by atoms with Gasteiger partial charge < -0.3 is 14.6 Å². The van der Waals surface area contributed by atoms with Crippen LogP contribution >= 0.6 is 0 Å². The number of carbonyl (C=O) groups is 2. The van der Waals surface area contributed by atoms with Crippen LogP contribution in [0.4, 0.5) is 4.79 Å². The molecule has 1 fully saturated rings. The molecule has 0 bridgehead atoms. The summed E-state index contributed by atoms with van der Waals surface area (Å²) >= 11 is 0. The Bertz CT molecular complexity index is 753. The van der Waals surface area contributed by atoms with E-state index in [4.69, 9.17) is 9.26 Å². The quantitative estimate of drug-likeness (QED) is 0.872. The Kier molecular flexibility index (Phi) is 3.55. The van der Waals surface area contributed by atoms with Crippen LogP contribution in [0.25, 0.3) is 0 Å². The SMILES string of the molecule is COc1ccc([C@]2(C)NC(=O)N(Cc3cc(C)no3)C2=O)cc1. The summed E-state index contributed by atoms with van der Waals surface area (Å²) in [4.78, 5) is 26.1. The van der Waals surface area contributed by atoms with Crippen LogP contribution in [0.5, 0.6) is 5.75 Å². The van der Waals surface area contributed by atoms with Crippen molar-refractivity contribution in [1.29, 1.82) is 0 Å². The minimum atomic E-state index is -1.11. The van der Waals surface area contributed by atoms with Gasteiger partial charge in [-0.2, -0.15) is 0 Å². The van der Waals surface area contributed by atoms with E-state index in [0.29, 0.717) is 22.8 Å². The van der Waals surface area contributed by atoms with Gasteiger partial charge >= 0.3 is 6.03 Å². The summed E-state index contributed by atoms with van der Waals surface area (Å²) in [6.07, 6.45) is 0. The molecule has 2 heterocycles. The van der Waals surface area contributed by atoms with Gasteiger partial charge in [-0.3, -0.25) is 9.69 Å². The number of nitrogens with one attached hydrogen (secondary N) is 1. The van der Waals surface area contributed by atoms with Crippen molar-refractivity contribution >= 4 is 11.9 Å². The Morgan fingerprint density at radius 3 is 2.57 bits per heavy atom. The lowest BCUT2D eigenvalue weighted by molar-refractivity contribution is -0.131. The molecule has 0 radical (unpaired) electrons. The number of amides is 3. The van der Waals surface area contributed by atoms with Gasteiger partial charge in [-0.05, 0) is 31.5 Å². The number of ether oxygens (including phenoxy) is 1. The van der Waals surface area contributed by atoms with Gasteiger partial charge in [0.2, 0.25) is 0 Å². The number of benzene rings is 1. The van der Waals surface area contributed by atoms with Crippen LogP contribution in [-0.4, -0.2) is 29.1 Å². The van der Waals surface area contributed by atoms with E-state index in [1.807, 2.05) is 0 Å². The predicted molar refractivity (Wildman–Crippen MR) is 80.7 cm³/mol. The van der Waals surface area contributed by atoms with Gasteiger partial charge in [-0.1, -0.05) is 17.3 Å². The first-order chi connectivity index (χ1) is 10.9. The van der Waals surface area contributed by atoms with Crippen LogP contribution in [0.2, 0.25) is 0 Å². The van der Waals surface area contributed by atoms with Crippen molar-refractivity contribution < 1.29 is 18.8 Å². The lowest BCUT2D eigenvalue weighted by atomic mass is 9.92. The lowest BCUT2D eigenvalue weighted by Gasteiger charge is -2.22. The summed E-state index contributed by atoms with van der Waals surface area (Å²) in [6.45, 7) is 3.51. The molecule has 3 amide bonds. The maximum absolute atomic E-state index is 12.8. The van der Waals surface area contributed by atoms with Crippen molar-refractivity contribution in [3.63, 3.8) is 0 Å². The van der Waals surface area contributed by atoms with E-state index in [-0.39, 0.29) is 12.5 Å². The summed E-state index contributed by atoms with van der Waals surface area (Å²) in [5.41, 5.74) is 0.274. The molecule has 7 heteroatoms. The molecule has 1 aromatic carbocycles. The zero-order chi connectivity index (χ0) is 16.6. The Morgan fingerprint density at radius 1 is 1.30 bits per heavy atom. The van der Waals surface area contributed by atoms with E-state index >= 15 is 0 Å². The zero-order valence-electron chi connectivity index (χ0n) is 13.1. The summed E-state index contributed by atoms with van der Waals surface area (Å²) < 4.78 is 10.2. The molecule has 23 heavy (non-hydrogen) atoms. The highest BCUT2D eigenvalue weighted by atomic mass is 16.5. The number of carbonyl (C=O) groups excluding carboxylic acids is 2. The smallest absolute Gasteiger partial charge is 0.325 e. The van der Waals surface area contributed by atoms with Gasteiger partial charge in [-0.25, -0.2) is 4.79 Å². The third-order valence-corrected chi connectivity index (χ3v) is 3.93. The van der Waals surface area contributed by atoms with Gasteiger partial charge in [0, 0.05) is 6.07 Å². The number of imide groups is 1. The van der Waals surface area contributed by atoms with Gasteiger partial charge in [0.25, 0.3) is 5.91 Å². The fourth-order valence-electron chi connectivity index (χ4n) is 2.61. The molecule has 0 aliphatic carbocycles. The average molecular weight is 315 g/mol. The first-order valence-corrected chi connectivity index (χ1v) is 7.15. The van der Waals surface area contributed by atoms with Crippen molar-refractivity contribution in [3.8, 4) is 5.75 Å². The number of aryl methyl sites for hydroxylation is 1. The van der Waals surface area contributed by atoms with Crippen molar-refractivity contribution in [2.45, 2.75) is 25.9 Å². The van der Waals surface area contributed by atoms with E-state index in [9.17, 15) is 9.59 Å². The Morgan fingerprint density at radius 2 is 2.00 bits per heavy atom. The van der Waals surface area contributed by atoms with E-state index < -0.39 is 11.6 Å². The summed E-state index contributed by atoms with van der Waals surface area (Å²) in [7, 11) is 1.57. The molecular formula is C16H17N3O4. The van der Waals surface area contributed by atoms with Crippen LogP contribution in [0.3, 0.4) is 0 Å². The van der Waals surface area contributed by atoms with E-state index in [0.717, 1.165) is 4.90 Å². The van der Waals surface area contributed by atoms with Crippen LogP contribution in [-0.2, 0) is 16.9 Å². The van der Waals surface area contributed by atoms with Gasteiger partial charge in [-0.15, -0.1) is 0 Å². The minimum absolute atomic E-state index is 0.0528. The largest absolute Gasteiger partial charge is 0.497 e. The molecule has 1 atom stereocenters. The van der Waals surface area contributed by atoms with E-state index in [1.165, 1.54) is 0 Å². The van der Waals surface area contributed by atoms with Crippen molar-refractivity contribution in [3.05, 3.63) is 47.3 Å². The van der Waals surface area contributed by atoms with E-state index in [2.05, 4.69) is 10.5 Å². The molecule has 120 valence electrons. The molecule has 1 aromatic heterocycles. The Hall–Kier alpha value is -2.83. The third kappa shape index (κ3) is 2.54. The van der Waals surface area contributed by atoms with Crippen LogP contribution in [0.1, 0.15) is 23.9 Å². The Labute approximate surface area is 133 Å². The fraction of sp³-hybridized carbons (Fsp3) is 0.312. The van der Waals surface area contributed by atoms with Crippen molar-refractivity contribution in [1.82, 2.24) is 15.4 Å².